The van der Waals surface area contributed by atoms with Crippen molar-refractivity contribution in [1.82, 2.24) is 0 Å². The van der Waals surface area contributed by atoms with Crippen LogP contribution in [0.5, 0.6) is 5.75 Å². The van der Waals surface area contributed by atoms with E-state index in [1.54, 1.807) is 7.11 Å². The van der Waals surface area contributed by atoms with Gasteiger partial charge < -0.3 is 10.5 Å². The highest BCUT2D eigenvalue weighted by Gasteiger charge is 2.14. The summed E-state index contributed by atoms with van der Waals surface area (Å²) in [7, 11) is 1.72. The smallest absolute Gasteiger partial charge is 0.122 e. The molecule has 1 atom stereocenters. The highest BCUT2D eigenvalue weighted by Crippen LogP contribution is 2.25. The summed E-state index contributed by atoms with van der Waals surface area (Å²) in [5.74, 6) is 0.951. The Bertz CT molecular complexity index is 379. The third-order valence-corrected chi connectivity index (χ3v) is 3.18. The summed E-state index contributed by atoms with van der Waals surface area (Å²) in [6, 6.07) is 6.49. The monoisotopic (exact) mass is 249 g/mol. The fourth-order valence-corrected chi connectivity index (χ4v) is 2.07. The van der Waals surface area contributed by atoms with Crippen LogP contribution in [0.15, 0.2) is 18.2 Å². The number of aryl methyl sites for hydroxylation is 1. The van der Waals surface area contributed by atoms with E-state index in [2.05, 4.69) is 39.8 Å². The Morgan fingerprint density at radius 2 is 1.94 bits per heavy atom. The van der Waals surface area contributed by atoms with Gasteiger partial charge in [0.25, 0.3) is 0 Å². The lowest BCUT2D eigenvalue weighted by molar-refractivity contribution is 0.345. The highest BCUT2D eigenvalue weighted by atomic mass is 16.5. The Kier molecular flexibility index (Phi) is 5.21. The maximum absolute atomic E-state index is 6.23. The van der Waals surface area contributed by atoms with Crippen LogP contribution in [0.4, 0.5) is 0 Å². The molecule has 1 aromatic carbocycles. The minimum absolute atomic E-state index is 0.208. The summed E-state index contributed by atoms with van der Waals surface area (Å²) in [6.07, 6.45) is 3.10. The van der Waals surface area contributed by atoms with E-state index in [9.17, 15) is 0 Å². The van der Waals surface area contributed by atoms with Crippen LogP contribution >= 0.6 is 0 Å². The molecule has 0 saturated carbocycles. The molecule has 1 aromatic rings. The molecule has 0 fully saturated rings. The lowest BCUT2D eigenvalue weighted by atomic mass is 9.87. The molecule has 0 aliphatic carbocycles. The fraction of sp³-hybridized carbons (Fsp3) is 0.625. The van der Waals surface area contributed by atoms with E-state index >= 15 is 0 Å². The molecule has 102 valence electrons. The zero-order valence-electron chi connectivity index (χ0n) is 12.4. The Morgan fingerprint density at radius 3 is 2.50 bits per heavy atom. The quantitative estimate of drug-likeness (QED) is 0.863. The molecular formula is C16H27NO. The van der Waals surface area contributed by atoms with E-state index in [1.807, 2.05) is 6.07 Å². The third-order valence-electron chi connectivity index (χ3n) is 3.18. The fourth-order valence-electron chi connectivity index (χ4n) is 2.07. The number of rotatable bonds is 5. The molecule has 18 heavy (non-hydrogen) atoms. The van der Waals surface area contributed by atoms with E-state index in [0.29, 0.717) is 5.41 Å². The van der Waals surface area contributed by atoms with E-state index in [-0.39, 0.29) is 6.04 Å². The van der Waals surface area contributed by atoms with Crippen LogP contribution in [0.2, 0.25) is 0 Å². The summed E-state index contributed by atoms with van der Waals surface area (Å²) in [5.41, 5.74) is 9.07. The van der Waals surface area contributed by atoms with Gasteiger partial charge in [-0.25, -0.2) is 0 Å². The molecular weight excluding hydrogens is 222 g/mol. The van der Waals surface area contributed by atoms with Crippen molar-refractivity contribution in [2.24, 2.45) is 11.1 Å². The number of ether oxygens (including phenoxy) is 1. The molecule has 1 rings (SSSR count). The van der Waals surface area contributed by atoms with E-state index in [0.717, 1.165) is 25.0 Å². The van der Waals surface area contributed by atoms with Gasteiger partial charge >= 0.3 is 0 Å². The van der Waals surface area contributed by atoms with Crippen molar-refractivity contribution in [3.05, 3.63) is 29.3 Å². The molecule has 0 aromatic heterocycles. The van der Waals surface area contributed by atoms with Crippen molar-refractivity contribution in [3.63, 3.8) is 0 Å². The molecule has 0 aliphatic rings. The summed E-state index contributed by atoms with van der Waals surface area (Å²) in [5, 5.41) is 0. The van der Waals surface area contributed by atoms with Gasteiger partial charge in [0.15, 0.2) is 0 Å². The highest BCUT2D eigenvalue weighted by molar-refractivity contribution is 5.37. The van der Waals surface area contributed by atoms with Gasteiger partial charge in [-0.1, -0.05) is 38.5 Å². The molecule has 0 saturated heterocycles. The van der Waals surface area contributed by atoms with Crippen LogP contribution in [0.3, 0.4) is 0 Å². The van der Waals surface area contributed by atoms with Crippen LogP contribution in [0.1, 0.15) is 44.7 Å². The Hall–Kier alpha value is -1.02. The van der Waals surface area contributed by atoms with Crippen LogP contribution in [-0.4, -0.2) is 13.2 Å². The lowest BCUT2D eigenvalue weighted by Gasteiger charge is -2.21. The Balaban J connectivity index is 2.63. The van der Waals surface area contributed by atoms with Crippen molar-refractivity contribution in [2.75, 3.05) is 7.11 Å². The van der Waals surface area contributed by atoms with Crippen molar-refractivity contribution in [2.45, 2.75) is 53.0 Å². The number of nitrogens with two attached hydrogens (primary N) is 1. The molecule has 0 radical (unpaired) electrons. The first kappa shape index (κ1) is 15.0. The third kappa shape index (κ3) is 5.09. The summed E-state index contributed by atoms with van der Waals surface area (Å²) in [4.78, 5) is 0. The van der Waals surface area contributed by atoms with Gasteiger partial charge in [-0.2, -0.15) is 0 Å². The summed E-state index contributed by atoms with van der Waals surface area (Å²) in [6.45, 7) is 8.87. The standard InChI is InChI=1S/C16H27NO/c1-12-6-7-15(18-5)13(10-12)11-14(17)8-9-16(2,3)4/h6-7,10,14H,8-9,11,17H2,1-5H3. The van der Waals surface area contributed by atoms with E-state index in [4.69, 9.17) is 10.5 Å². The van der Waals surface area contributed by atoms with Crippen molar-refractivity contribution >= 4 is 0 Å². The van der Waals surface area contributed by atoms with Crippen LogP contribution in [0, 0.1) is 12.3 Å². The molecule has 2 nitrogen and oxygen atoms in total. The van der Waals surface area contributed by atoms with Crippen LogP contribution < -0.4 is 10.5 Å². The van der Waals surface area contributed by atoms with Gasteiger partial charge in [-0.3, -0.25) is 0 Å². The van der Waals surface area contributed by atoms with Crippen LogP contribution in [0.25, 0.3) is 0 Å². The zero-order chi connectivity index (χ0) is 13.8. The molecule has 0 aliphatic heterocycles. The average Bonchev–Trinajstić information content (AvgIpc) is 2.26. The lowest BCUT2D eigenvalue weighted by Crippen LogP contribution is -2.25. The van der Waals surface area contributed by atoms with Crippen LogP contribution in [-0.2, 0) is 6.42 Å². The maximum atomic E-state index is 6.23. The first-order chi connectivity index (χ1) is 8.31. The van der Waals surface area contributed by atoms with E-state index < -0.39 is 0 Å². The SMILES string of the molecule is COc1ccc(C)cc1CC(N)CCC(C)(C)C. The molecule has 2 N–H and O–H groups in total. The summed E-state index contributed by atoms with van der Waals surface area (Å²) < 4.78 is 5.39. The number of benzene rings is 1. The minimum Gasteiger partial charge on any atom is -0.496 e. The van der Waals surface area contributed by atoms with Gasteiger partial charge in [0.1, 0.15) is 5.75 Å². The molecule has 0 amide bonds. The van der Waals surface area contributed by atoms with Gasteiger partial charge in [-0.15, -0.1) is 0 Å². The predicted molar refractivity (Wildman–Crippen MR) is 78.1 cm³/mol. The first-order valence-electron chi connectivity index (χ1n) is 6.71. The van der Waals surface area contributed by atoms with Gasteiger partial charge in [0.2, 0.25) is 0 Å². The number of hydrogen-bond acceptors (Lipinski definition) is 2. The minimum atomic E-state index is 0.208. The molecule has 0 spiro atoms. The Labute approximate surface area is 112 Å². The molecule has 0 heterocycles. The first-order valence-corrected chi connectivity index (χ1v) is 6.71. The normalized spacial score (nSPS) is 13.4. The van der Waals surface area contributed by atoms with Gasteiger partial charge in [0, 0.05) is 6.04 Å². The maximum Gasteiger partial charge on any atom is 0.122 e. The second-order valence-corrected chi connectivity index (χ2v) is 6.38. The second-order valence-electron chi connectivity index (χ2n) is 6.38. The number of methoxy groups -OCH3 is 1. The molecule has 0 bridgehead atoms. The predicted octanol–water partition coefficient (Wildman–Crippen LogP) is 3.70. The van der Waals surface area contributed by atoms with Crippen molar-refractivity contribution < 1.29 is 4.74 Å². The molecule has 2 heteroatoms. The number of hydrogen-bond donors (Lipinski definition) is 1. The largest absolute Gasteiger partial charge is 0.496 e. The summed E-state index contributed by atoms with van der Waals surface area (Å²) >= 11 is 0. The zero-order valence-corrected chi connectivity index (χ0v) is 12.4. The topological polar surface area (TPSA) is 35.2 Å². The Morgan fingerprint density at radius 1 is 1.28 bits per heavy atom. The van der Waals surface area contributed by atoms with Gasteiger partial charge in [0.05, 0.1) is 7.11 Å². The average molecular weight is 249 g/mol. The second kappa shape index (κ2) is 6.24. The molecule has 1 unspecified atom stereocenters. The van der Waals surface area contributed by atoms with Gasteiger partial charge in [-0.05, 0) is 43.2 Å². The van der Waals surface area contributed by atoms with E-state index in [1.165, 1.54) is 11.1 Å². The van der Waals surface area contributed by atoms with Crippen molar-refractivity contribution in [1.29, 1.82) is 0 Å². The van der Waals surface area contributed by atoms with Crippen molar-refractivity contribution in [3.8, 4) is 5.75 Å².